The number of hydrogen-bond donors (Lipinski definition) is 4. The third-order valence-electron chi connectivity index (χ3n) is 3.75. The lowest BCUT2D eigenvalue weighted by molar-refractivity contribution is 0.174. The lowest BCUT2D eigenvalue weighted by atomic mass is 9.84. The Labute approximate surface area is 181 Å². The Morgan fingerprint density at radius 1 is 1.21 bits per heavy atom. The normalized spacial score (nSPS) is 12.4. The maximum absolute atomic E-state index is 12.8. The molecule has 1 unspecified atom stereocenters. The molecule has 29 heavy (non-hydrogen) atoms. The number of benzene rings is 1. The van der Waals surface area contributed by atoms with Crippen molar-refractivity contribution >= 4 is 49.3 Å². The maximum atomic E-state index is 12.8. The zero-order valence-electron chi connectivity index (χ0n) is 16.0. The van der Waals surface area contributed by atoms with Gasteiger partial charge in [0.2, 0.25) is 9.84 Å². The summed E-state index contributed by atoms with van der Waals surface area (Å²) in [6, 6.07) is 9.67. The van der Waals surface area contributed by atoms with E-state index >= 15 is 0 Å². The third-order valence-corrected chi connectivity index (χ3v) is 8.36. The minimum absolute atomic E-state index is 0.233. The molecule has 1 aromatic carbocycles. The van der Waals surface area contributed by atoms with Crippen LogP contribution in [0.4, 0.5) is 9.59 Å². The summed E-state index contributed by atoms with van der Waals surface area (Å²) >= 11 is 4.50. The fraction of sp³-hybridized carbons (Fsp3) is 0.333. The first-order valence-electron chi connectivity index (χ1n) is 8.31. The largest absolute Gasteiger partial charge is 0.465 e. The fourth-order valence-corrected chi connectivity index (χ4v) is 6.54. The summed E-state index contributed by atoms with van der Waals surface area (Å²) in [7, 11) is -3.61. The average Bonchev–Trinajstić information content (AvgIpc) is 2.94. The number of halogens is 1. The molecule has 1 heterocycles. The molecular formula is C18H23BrN2O6S2. The van der Waals surface area contributed by atoms with Crippen LogP contribution in [-0.4, -0.2) is 36.9 Å². The molecule has 2 aromatic rings. The molecule has 0 saturated heterocycles. The Kier molecular flexibility index (Phi) is 8.66. The van der Waals surface area contributed by atoms with Gasteiger partial charge in [-0.3, -0.25) is 0 Å². The smallest absolute Gasteiger partial charge is 0.404 e. The van der Waals surface area contributed by atoms with E-state index in [1.165, 1.54) is 11.3 Å². The number of hydrogen-bond acceptors (Lipinski definition) is 5. The Balaban J connectivity index is 0.000000960. The van der Waals surface area contributed by atoms with E-state index in [1.54, 1.807) is 36.4 Å². The van der Waals surface area contributed by atoms with Crippen molar-refractivity contribution < 1.29 is 28.2 Å². The number of amides is 2. The Morgan fingerprint density at radius 3 is 2.17 bits per heavy atom. The number of carboxylic acid groups (broad SMARTS) is 2. The van der Waals surface area contributed by atoms with E-state index in [-0.39, 0.29) is 20.6 Å². The van der Waals surface area contributed by atoms with Crippen LogP contribution in [0.2, 0.25) is 0 Å². The molecule has 0 spiro atoms. The average molecular weight is 507 g/mol. The number of carbonyl (C=O) groups is 2. The first-order chi connectivity index (χ1) is 13.2. The van der Waals surface area contributed by atoms with Crippen LogP contribution in [0.15, 0.2) is 50.0 Å². The summed E-state index contributed by atoms with van der Waals surface area (Å²) in [6.07, 6.45) is -2.00. The molecule has 160 valence electrons. The Bertz CT molecular complexity index is 948. The van der Waals surface area contributed by atoms with Crippen LogP contribution in [-0.2, 0) is 16.3 Å². The van der Waals surface area contributed by atoms with Crippen LogP contribution in [0.1, 0.15) is 25.6 Å². The topological polar surface area (TPSA) is 147 Å². The molecule has 1 atom stereocenters. The lowest BCUT2D eigenvalue weighted by Gasteiger charge is -2.30. The molecule has 2 amide bonds. The number of primary amides is 1. The highest BCUT2D eigenvalue weighted by Gasteiger charge is 2.29. The second kappa shape index (κ2) is 10.1. The third kappa shape index (κ3) is 7.67. The van der Waals surface area contributed by atoms with E-state index in [0.717, 1.165) is 4.88 Å². The van der Waals surface area contributed by atoms with Gasteiger partial charge in [0.1, 0.15) is 4.21 Å². The van der Waals surface area contributed by atoms with E-state index in [0.29, 0.717) is 10.9 Å². The van der Waals surface area contributed by atoms with Crippen LogP contribution in [0.3, 0.4) is 0 Å². The first kappa shape index (κ1) is 24.9. The molecule has 8 nitrogen and oxygen atoms in total. The molecule has 1 aromatic heterocycles. The van der Waals surface area contributed by atoms with Crippen molar-refractivity contribution in [2.45, 2.75) is 42.3 Å². The van der Waals surface area contributed by atoms with Gasteiger partial charge in [0.05, 0.1) is 4.90 Å². The van der Waals surface area contributed by atoms with Crippen LogP contribution in [0, 0.1) is 5.41 Å². The SMILES string of the molecule is CC(C)(C)C(Cc1cc(Br)c(S(=O)(=O)c2ccccc2)s1)NC(=O)O.NC(=O)O. The minimum Gasteiger partial charge on any atom is -0.465 e. The van der Waals surface area contributed by atoms with Gasteiger partial charge >= 0.3 is 12.2 Å². The standard InChI is InChI=1S/C17H20BrNO4S2.CH3NO2/c1-17(2,3)14(19-16(20)21)10-11-9-13(18)15(24-11)25(22,23)12-7-5-4-6-8-12;2-1(3)4/h4-9,14,19H,10H2,1-3H3,(H,20,21);2H2,(H,3,4). The first-order valence-corrected chi connectivity index (χ1v) is 11.4. The lowest BCUT2D eigenvalue weighted by Crippen LogP contribution is -2.44. The monoisotopic (exact) mass is 506 g/mol. The molecule has 0 fully saturated rings. The van der Waals surface area contributed by atoms with Crippen molar-refractivity contribution in [2.75, 3.05) is 0 Å². The number of thiophene rings is 1. The van der Waals surface area contributed by atoms with Gasteiger partial charge in [0.25, 0.3) is 0 Å². The van der Waals surface area contributed by atoms with Gasteiger partial charge in [0, 0.05) is 21.8 Å². The van der Waals surface area contributed by atoms with E-state index in [9.17, 15) is 13.2 Å². The molecule has 5 N–H and O–H groups in total. The molecule has 0 aliphatic carbocycles. The van der Waals surface area contributed by atoms with Gasteiger partial charge in [0.15, 0.2) is 0 Å². The van der Waals surface area contributed by atoms with Gasteiger partial charge in [-0.1, -0.05) is 39.0 Å². The molecule has 0 aliphatic heterocycles. The van der Waals surface area contributed by atoms with E-state index in [1.807, 2.05) is 20.8 Å². The highest BCUT2D eigenvalue weighted by molar-refractivity contribution is 9.10. The maximum Gasteiger partial charge on any atom is 0.404 e. The quantitative estimate of drug-likeness (QED) is 0.477. The van der Waals surface area contributed by atoms with Gasteiger partial charge < -0.3 is 21.3 Å². The van der Waals surface area contributed by atoms with Crippen molar-refractivity contribution in [3.8, 4) is 0 Å². The molecular weight excluding hydrogens is 484 g/mol. The molecule has 0 radical (unpaired) electrons. The fourth-order valence-electron chi connectivity index (χ4n) is 2.31. The minimum atomic E-state index is -3.61. The van der Waals surface area contributed by atoms with Crippen LogP contribution < -0.4 is 11.1 Å². The molecule has 0 bridgehead atoms. The number of rotatable bonds is 5. The summed E-state index contributed by atoms with van der Waals surface area (Å²) in [5.74, 6) is 0. The van der Waals surface area contributed by atoms with E-state index < -0.39 is 22.0 Å². The molecule has 0 saturated carbocycles. The Hall–Kier alpha value is -2.11. The van der Waals surface area contributed by atoms with Gasteiger partial charge in [-0.25, -0.2) is 18.0 Å². The zero-order valence-corrected chi connectivity index (χ0v) is 19.3. The Morgan fingerprint density at radius 2 is 1.72 bits per heavy atom. The van der Waals surface area contributed by atoms with Crippen molar-refractivity contribution in [3.05, 3.63) is 45.7 Å². The summed E-state index contributed by atoms with van der Waals surface area (Å²) in [4.78, 5) is 20.9. The van der Waals surface area contributed by atoms with Crippen molar-refractivity contribution in [1.82, 2.24) is 5.32 Å². The summed E-state index contributed by atoms with van der Waals surface area (Å²) < 4.78 is 26.3. The van der Waals surface area contributed by atoms with Crippen molar-refractivity contribution in [2.24, 2.45) is 11.1 Å². The van der Waals surface area contributed by atoms with Crippen LogP contribution in [0.25, 0.3) is 0 Å². The highest BCUT2D eigenvalue weighted by Crippen LogP contribution is 2.37. The number of nitrogens with one attached hydrogen (secondary N) is 1. The number of sulfone groups is 1. The molecule has 0 aliphatic rings. The predicted octanol–water partition coefficient (Wildman–Crippen LogP) is 4.19. The second-order valence-corrected chi connectivity index (χ2v) is 11.2. The summed E-state index contributed by atoms with van der Waals surface area (Å²) in [5, 5.41) is 18.8. The summed E-state index contributed by atoms with van der Waals surface area (Å²) in [6.45, 7) is 5.83. The highest BCUT2D eigenvalue weighted by atomic mass is 79.9. The molecule has 2 rings (SSSR count). The van der Waals surface area contributed by atoms with E-state index in [4.69, 9.17) is 15.0 Å². The molecule has 11 heteroatoms. The zero-order chi connectivity index (χ0) is 22.4. The van der Waals surface area contributed by atoms with Gasteiger partial charge in [-0.2, -0.15) is 0 Å². The predicted molar refractivity (Wildman–Crippen MR) is 114 cm³/mol. The van der Waals surface area contributed by atoms with Crippen molar-refractivity contribution in [3.63, 3.8) is 0 Å². The summed E-state index contributed by atoms with van der Waals surface area (Å²) in [5.41, 5.74) is 3.73. The van der Waals surface area contributed by atoms with Gasteiger partial charge in [-0.15, -0.1) is 11.3 Å². The second-order valence-electron chi connectivity index (χ2n) is 7.08. The van der Waals surface area contributed by atoms with Crippen molar-refractivity contribution in [1.29, 1.82) is 0 Å². The van der Waals surface area contributed by atoms with Gasteiger partial charge in [-0.05, 0) is 39.5 Å². The van der Waals surface area contributed by atoms with E-state index in [2.05, 4.69) is 27.0 Å². The number of nitrogens with two attached hydrogens (primary N) is 1. The van der Waals surface area contributed by atoms with Crippen LogP contribution >= 0.6 is 27.3 Å². The van der Waals surface area contributed by atoms with Crippen LogP contribution in [0.5, 0.6) is 0 Å².